The van der Waals surface area contributed by atoms with Crippen molar-refractivity contribution in [3.8, 4) is 11.3 Å². The number of halogens is 6. The van der Waals surface area contributed by atoms with Gasteiger partial charge in [-0.1, -0.05) is 6.07 Å². The van der Waals surface area contributed by atoms with Gasteiger partial charge in [0.25, 0.3) is 0 Å². The Morgan fingerprint density at radius 2 is 1.64 bits per heavy atom. The average molecular weight is 548 g/mol. The molecule has 0 amide bonds. The molecule has 204 valence electrons. The number of hydrogen-bond donors (Lipinski definition) is 1. The van der Waals surface area contributed by atoms with Crippen LogP contribution in [0.2, 0.25) is 0 Å². The lowest BCUT2D eigenvalue weighted by atomic mass is 10.0. The minimum Gasteiger partial charge on any atom is -0.381 e. The topological polar surface area (TPSA) is 69.2 Å². The van der Waals surface area contributed by atoms with Gasteiger partial charge in [0, 0.05) is 36.0 Å². The lowest BCUT2D eigenvalue weighted by Crippen LogP contribution is -2.23. The first-order valence-electron chi connectivity index (χ1n) is 12.0. The van der Waals surface area contributed by atoms with Crippen LogP contribution in [0.3, 0.4) is 0 Å². The van der Waals surface area contributed by atoms with Gasteiger partial charge in [-0.05, 0) is 61.4 Å². The molecule has 5 rings (SSSR count). The molecule has 6 nitrogen and oxygen atoms in total. The Labute approximate surface area is 219 Å². The number of aromatic nitrogens is 3. The molecule has 1 N–H and O–H groups in total. The van der Waals surface area contributed by atoms with Crippen LogP contribution in [0.15, 0.2) is 60.8 Å². The summed E-state index contributed by atoms with van der Waals surface area (Å²) in [5.74, 6) is 0.534. The van der Waals surface area contributed by atoms with Crippen LogP contribution < -0.4 is 5.32 Å². The third kappa shape index (κ3) is 6.28. The molecule has 4 aromatic rings. The molecule has 3 heterocycles. The van der Waals surface area contributed by atoms with Gasteiger partial charge in [-0.15, -0.1) is 0 Å². The number of anilines is 2. The molecular weight excluding hydrogens is 526 g/mol. The molecule has 0 saturated carbocycles. The predicted octanol–water partition coefficient (Wildman–Crippen LogP) is 7.17. The fourth-order valence-electron chi connectivity index (χ4n) is 4.26. The van der Waals surface area contributed by atoms with E-state index < -0.39 is 23.5 Å². The van der Waals surface area contributed by atoms with Gasteiger partial charge in [0.05, 0.1) is 28.4 Å². The smallest absolute Gasteiger partial charge is 0.381 e. The minimum atomic E-state index is -4.61. The van der Waals surface area contributed by atoms with Gasteiger partial charge in [0.2, 0.25) is 0 Å². The SMILES string of the molecule is FC(F)(F)c1ccc(Nc2nc(COC3CCOCC3)nc3cc(-c4ncccc4C(F)(F)F)ccc23)cc1. The standard InChI is InChI=1S/C27H22F6N4O2/c28-26(29,30)17-4-6-18(7-5-17)35-25-20-8-3-16(24-21(27(31,32)33)2-1-11-34-24)14-22(20)36-23(37-25)15-39-19-9-12-38-13-10-19/h1-8,11,14,19H,9-10,12-13,15H2,(H,35,36,37). The van der Waals surface area contributed by atoms with Crippen molar-refractivity contribution in [1.29, 1.82) is 0 Å². The van der Waals surface area contributed by atoms with E-state index in [1.807, 2.05) is 0 Å². The van der Waals surface area contributed by atoms with Crippen molar-refractivity contribution in [3.63, 3.8) is 0 Å². The monoisotopic (exact) mass is 548 g/mol. The van der Waals surface area contributed by atoms with E-state index in [1.54, 1.807) is 6.07 Å². The number of alkyl halides is 6. The highest BCUT2D eigenvalue weighted by Gasteiger charge is 2.34. The first kappa shape index (κ1) is 26.8. The number of nitrogens with one attached hydrogen (secondary N) is 1. The van der Waals surface area contributed by atoms with Gasteiger partial charge >= 0.3 is 12.4 Å². The van der Waals surface area contributed by atoms with Crippen LogP contribution in [0.25, 0.3) is 22.2 Å². The molecule has 1 fully saturated rings. The summed E-state index contributed by atoms with van der Waals surface area (Å²) in [7, 11) is 0. The highest BCUT2D eigenvalue weighted by Crippen LogP contribution is 2.37. The maximum atomic E-state index is 13.6. The van der Waals surface area contributed by atoms with E-state index in [4.69, 9.17) is 9.47 Å². The molecular formula is C27H22F6N4O2. The number of pyridine rings is 1. The highest BCUT2D eigenvalue weighted by molar-refractivity contribution is 5.93. The lowest BCUT2D eigenvalue weighted by molar-refractivity contribution is -0.138. The summed E-state index contributed by atoms with van der Waals surface area (Å²) in [5.41, 5.74) is -1.07. The number of ether oxygens (including phenoxy) is 2. The van der Waals surface area contributed by atoms with Gasteiger partial charge in [-0.3, -0.25) is 4.98 Å². The Hall–Kier alpha value is -3.77. The van der Waals surface area contributed by atoms with Crippen LogP contribution in [0.4, 0.5) is 37.8 Å². The Kier molecular flexibility index (Phi) is 7.41. The number of nitrogens with zero attached hydrogens (tertiary/aromatic N) is 3. The van der Waals surface area contributed by atoms with Crippen LogP contribution in [0.5, 0.6) is 0 Å². The molecule has 1 saturated heterocycles. The van der Waals surface area contributed by atoms with Crippen LogP contribution in [-0.4, -0.2) is 34.3 Å². The normalized spacial score (nSPS) is 15.0. The van der Waals surface area contributed by atoms with E-state index in [1.165, 1.54) is 36.5 Å². The number of benzene rings is 2. The van der Waals surface area contributed by atoms with E-state index in [0.717, 1.165) is 18.2 Å². The maximum Gasteiger partial charge on any atom is 0.418 e. The molecule has 0 atom stereocenters. The Bertz CT molecular complexity index is 1450. The summed E-state index contributed by atoms with van der Waals surface area (Å²) in [4.78, 5) is 13.0. The third-order valence-electron chi connectivity index (χ3n) is 6.22. The van der Waals surface area contributed by atoms with Gasteiger partial charge in [0.1, 0.15) is 12.4 Å². The number of hydrogen-bond acceptors (Lipinski definition) is 6. The second-order valence-electron chi connectivity index (χ2n) is 8.94. The average Bonchev–Trinajstić information content (AvgIpc) is 2.91. The van der Waals surface area contributed by atoms with E-state index in [2.05, 4.69) is 20.3 Å². The molecule has 2 aromatic heterocycles. The summed E-state index contributed by atoms with van der Waals surface area (Å²) >= 11 is 0. The molecule has 0 bridgehead atoms. The second-order valence-corrected chi connectivity index (χ2v) is 8.94. The molecule has 39 heavy (non-hydrogen) atoms. The van der Waals surface area contributed by atoms with Crippen molar-refractivity contribution in [1.82, 2.24) is 15.0 Å². The van der Waals surface area contributed by atoms with E-state index in [0.29, 0.717) is 42.6 Å². The molecule has 1 aliphatic rings. The number of fused-ring (bicyclic) bond motifs is 1. The zero-order valence-corrected chi connectivity index (χ0v) is 20.3. The van der Waals surface area contributed by atoms with E-state index in [-0.39, 0.29) is 35.6 Å². The first-order valence-corrected chi connectivity index (χ1v) is 12.0. The molecule has 1 aliphatic heterocycles. The fourth-order valence-corrected chi connectivity index (χ4v) is 4.26. The summed E-state index contributed by atoms with van der Waals surface area (Å²) in [6, 6.07) is 11.1. The van der Waals surface area contributed by atoms with Crippen molar-refractivity contribution >= 4 is 22.4 Å². The van der Waals surface area contributed by atoms with Crippen LogP contribution in [-0.2, 0) is 28.4 Å². The van der Waals surface area contributed by atoms with E-state index >= 15 is 0 Å². The zero-order chi connectivity index (χ0) is 27.6. The Balaban J connectivity index is 1.53. The Morgan fingerprint density at radius 1 is 0.897 bits per heavy atom. The molecule has 12 heteroatoms. The first-order chi connectivity index (χ1) is 18.6. The molecule has 0 aliphatic carbocycles. The van der Waals surface area contributed by atoms with Gasteiger partial charge in [-0.25, -0.2) is 9.97 Å². The van der Waals surface area contributed by atoms with Gasteiger partial charge in [0.15, 0.2) is 5.82 Å². The maximum absolute atomic E-state index is 13.6. The largest absolute Gasteiger partial charge is 0.418 e. The van der Waals surface area contributed by atoms with Crippen LogP contribution in [0.1, 0.15) is 29.8 Å². The van der Waals surface area contributed by atoms with Crippen LogP contribution >= 0.6 is 0 Å². The van der Waals surface area contributed by atoms with Crippen molar-refractivity contribution in [2.24, 2.45) is 0 Å². The fraction of sp³-hybridized carbons (Fsp3) is 0.296. The third-order valence-corrected chi connectivity index (χ3v) is 6.22. The van der Waals surface area contributed by atoms with E-state index in [9.17, 15) is 26.3 Å². The van der Waals surface area contributed by atoms with Crippen molar-refractivity contribution in [2.45, 2.75) is 37.9 Å². The molecule has 0 unspecified atom stereocenters. The van der Waals surface area contributed by atoms with Crippen molar-refractivity contribution in [2.75, 3.05) is 18.5 Å². The zero-order valence-electron chi connectivity index (χ0n) is 20.3. The highest BCUT2D eigenvalue weighted by atomic mass is 19.4. The summed E-state index contributed by atoms with van der Waals surface area (Å²) in [6.45, 7) is 1.17. The molecule has 0 spiro atoms. The van der Waals surface area contributed by atoms with Crippen molar-refractivity contribution < 1.29 is 35.8 Å². The summed E-state index contributed by atoms with van der Waals surface area (Å²) < 4.78 is 91.1. The van der Waals surface area contributed by atoms with Gasteiger partial charge in [-0.2, -0.15) is 26.3 Å². The summed E-state index contributed by atoms with van der Waals surface area (Å²) in [5, 5.41) is 3.47. The number of rotatable bonds is 6. The Morgan fingerprint density at radius 3 is 2.33 bits per heavy atom. The quantitative estimate of drug-likeness (QED) is 0.258. The lowest BCUT2D eigenvalue weighted by Gasteiger charge is -2.22. The van der Waals surface area contributed by atoms with Crippen LogP contribution in [0, 0.1) is 0 Å². The summed E-state index contributed by atoms with van der Waals surface area (Å²) in [6.07, 6.45) is -6.46. The minimum absolute atomic E-state index is 0.0317. The van der Waals surface area contributed by atoms with Gasteiger partial charge < -0.3 is 14.8 Å². The second kappa shape index (κ2) is 10.8. The molecule has 0 radical (unpaired) electrons. The van der Waals surface area contributed by atoms with Crippen molar-refractivity contribution in [3.05, 3.63) is 77.7 Å². The molecule has 2 aromatic carbocycles. The predicted molar refractivity (Wildman–Crippen MR) is 131 cm³/mol.